The maximum atomic E-state index is 5.97. The van der Waals surface area contributed by atoms with Gasteiger partial charge in [0.15, 0.2) is 11.5 Å². The lowest BCUT2D eigenvalue weighted by molar-refractivity contribution is 0.354. The fourth-order valence-corrected chi connectivity index (χ4v) is 2.82. The number of aromatic nitrogens is 2. The van der Waals surface area contributed by atoms with Crippen LogP contribution in [-0.2, 0) is 6.42 Å². The number of methoxy groups -OCH3 is 2. The summed E-state index contributed by atoms with van der Waals surface area (Å²) in [4.78, 5) is 8.05. The largest absolute Gasteiger partial charge is 0.493 e. The Balaban J connectivity index is 1.99. The molecule has 0 saturated heterocycles. The summed E-state index contributed by atoms with van der Waals surface area (Å²) in [5, 5.41) is 0. The third-order valence-electron chi connectivity index (χ3n) is 4.13. The number of nitrogen functional groups attached to an aromatic ring is 2. The van der Waals surface area contributed by atoms with Crippen LogP contribution in [0.5, 0.6) is 11.5 Å². The predicted molar refractivity (Wildman–Crippen MR) is 109 cm³/mol. The highest BCUT2D eigenvalue weighted by molar-refractivity contribution is 5.75. The zero-order valence-corrected chi connectivity index (χ0v) is 15.3. The summed E-state index contributed by atoms with van der Waals surface area (Å²) in [6.45, 7) is 0. The van der Waals surface area contributed by atoms with Crippen molar-refractivity contribution in [3.8, 4) is 11.5 Å². The number of hydrogen-bond donors (Lipinski definition) is 2. The molecule has 0 unspecified atom stereocenters. The van der Waals surface area contributed by atoms with Gasteiger partial charge in [0, 0.05) is 23.7 Å². The highest BCUT2D eigenvalue weighted by atomic mass is 16.5. The van der Waals surface area contributed by atoms with Crippen LogP contribution in [0.4, 0.5) is 11.8 Å². The Bertz CT molecular complexity index is 956. The average molecular weight is 362 g/mol. The van der Waals surface area contributed by atoms with Crippen LogP contribution in [0.15, 0.2) is 48.7 Å². The van der Waals surface area contributed by atoms with Gasteiger partial charge in [0.2, 0.25) is 5.95 Å². The highest BCUT2D eigenvalue weighted by Crippen LogP contribution is 2.35. The monoisotopic (exact) mass is 362 g/mol. The molecule has 3 aromatic rings. The number of hydrogen-bond acceptors (Lipinski definition) is 6. The molecule has 0 saturated carbocycles. The average Bonchev–Trinajstić information content (AvgIpc) is 2.68. The fraction of sp³-hybridized carbons (Fsp3) is 0.143. The first-order valence-electron chi connectivity index (χ1n) is 8.45. The van der Waals surface area contributed by atoms with E-state index in [4.69, 9.17) is 20.9 Å². The Morgan fingerprint density at radius 3 is 2.44 bits per heavy atom. The van der Waals surface area contributed by atoms with Crippen molar-refractivity contribution in [2.24, 2.45) is 0 Å². The summed E-state index contributed by atoms with van der Waals surface area (Å²) < 4.78 is 11.1. The molecule has 0 amide bonds. The molecule has 0 aliphatic carbocycles. The van der Waals surface area contributed by atoms with Crippen molar-refractivity contribution in [1.82, 2.24) is 9.97 Å². The Morgan fingerprint density at radius 2 is 1.78 bits per heavy atom. The molecule has 6 nitrogen and oxygen atoms in total. The smallest absolute Gasteiger partial charge is 0.221 e. The first-order chi connectivity index (χ1) is 13.1. The van der Waals surface area contributed by atoms with Gasteiger partial charge in [0.05, 0.1) is 14.2 Å². The van der Waals surface area contributed by atoms with E-state index in [9.17, 15) is 0 Å². The van der Waals surface area contributed by atoms with Gasteiger partial charge in [-0.2, -0.15) is 4.98 Å². The van der Waals surface area contributed by atoms with Gasteiger partial charge in [-0.25, -0.2) is 4.98 Å². The molecule has 1 heterocycles. The van der Waals surface area contributed by atoms with Crippen LogP contribution in [0.25, 0.3) is 12.2 Å². The standard InChI is InChI=1S/C21H22N4O2/c1-26-18-12-15(11-17-13-24-21(23)25-20(17)22)10-16(19(18)27-2)9-8-14-6-4-3-5-7-14/h3-10,12-13H,11H2,1-2H3,(H4,22,23,24,25)/b9-8+. The quantitative estimate of drug-likeness (QED) is 0.652. The maximum Gasteiger partial charge on any atom is 0.221 e. The van der Waals surface area contributed by atoms with Gasteiger partial charge < -0.3 is 20.9 Å². The molecule has 0 aliphatic rings. The Hall–Kier alpha value is -3.54. The van der Waals surface area contributed by atoms with E-state index >= 15 is 0 Å². The third-order valence-corrected chi connectivity index (χ3v) is 4.13. The van der Waals surface area contributed by atoms with E-state index in [1.54, 1.807) is 20.4 Å². The predicted octanol–water partition coefficient (Wildman–Crippen LogP) is 3.42. The normalized spacial score (nSPS) is 10.9. The molecule has 0 aliphatic heterocycles. The summed E-state index contributed by atoms with van der Waals surface area (Å²) in [5.41, 5.74) is 15.3. The van der Waals surface area contributed by atoms with E-state index in [1.165, 1.54) is 0 Å². The Morgan fingerprint density at radius 1 is 1.00 bits per heavy atom. The van der Waals surface area contributed by atoms with Crippen LogP contribution < -0.4 is 20.9 Å². The van der Waals surface area contributed by atoms with Crippen molar-refractivity contribution in [1.29, 1.82) is 0 Å². The van der Waals surface area contributed by atoms with Crippen molar-refractivity contribution in [2.75, 3.05) is 25.7 Å². The maximum absolute atomic E-state index is 5.97. The van der Waals surface area contributed by atoms with Crippen LogP contribution in [0.3, 0.4) is 0 Å². The topological polar surface area (TPSA) is 96.3 Å². The molecule has 138 valence electrons. The summed E-state index contributed by atoms with van der Waals surface area (Å²) >= 11 is 0. The minimum absolute atomic E-state index is 0.162. The molecule has 0 spiro atoms. The third kappa shape index (κ3) is 4.36. The van der Waals surface area contributed by atoms with Gasteiger partial charge >= 0.3 is 0 Å². The molecule has 0 fully saturated rings. The van der Waals surface area contributed by atoms with Crippen molar-refractivity contribution in [3.63, 3.8) is 0 Å². The van der Waals surface area contributed by atoms with Gasteiger partial charge in [0.25, 0.3) is 0 Å². The van der Waals surface area contributed by atoms with E-state index in [-0.39, 0.29) is 5.95 Å². The van der Waals surface area contributed by atoms with Crippen molar-refractivity contribution in [2.45, 2.75) is 6.42 Å². The lowest BCUT2D eigenvalue weighted by Crippen LogP contribution is -2.04. The van der Waals surface area contributed by atoms with Crippen molar-refractivity contribution < 1.29 is 9.47 Å². The molecule has 1 aromatic heterocycles. The van der Waals surface area contributed by atoms with Gasteiger partial charge in [-0.05, 0) is 23.3 Å². The molecular weight excluding hydrogens is 340 g/mol. The second-order valence-electron chi connectivity index (χ2n) is 5.98. The molecule has 4 N–H and O–H groups in total. The molecule has 3 rings (SSSR count). The van der Waals surface area contributed by atoms with E-state index in [2.05, 4.69) is 9.97 Å². The van der Waals surface area contributed by atoms with Crippen LogP contribution in [-0.4, -0.2) is 24.2 Å². The van der Waals surface area contributed by atoms with Crippen LogP contribution in [0.1, 0.15) is 22.3 Å². The lowest BCUT2D eigenvalue weighted by Gasteiger charge is -2.14. The SMILES string of the molecule is COc1cc(Cc2cnc(N)nc2N)cc(/C=C/c2ccccc2)c1OC. The second-order valence-corrected chi connectivity index (χ2v) is 5.98. The summed E-state index contributed by atoms with van der Waals surface area (Å²) in [5.74, 6) is 1.86. The van der Waals surface area contributed by atoms with Crippen LogP contribution in [0, 0.1) is 0 Å². The van der Waals surface area contributed by atoms with E-state index < -0.39 is 0 Å². The lowest BCUT2D eigenvalue weighted by atomic mass is 10.0. The first kappa shape index (κ1) is 18.3. The molecule has 0 bridgehead atoms. The molecule has 27 heavy (non-hydrogen) atoms. The fourth-order valence-electron chi connectivity index (χ4n) is 2.82. The van der Waals surface area contributed by atoms with Crippen molar-refractivity contribution in [3.05, 3.63) is 70.9 Å². The Kier molecular flexibility index (Phi) is 5.56. The number of ether oxygens (including phenoxy) is 2. The highest BCUT2D eigenvalue weighted by Gasteiger charge is 2.12. The van der Waals surface area contributed by atoms with E-state index in [1.807, 2.05) is 54.6 Å². The van der Waals surface area contributed by atoms with Gasteiger partial charge in [-0.3, -0.25) is 0 Å². The molecule has 0 radical (unpaired) electrons. The van der Waals surface area contributed by atoms with Gasteiger partial charge in [-0.1, -0.05) is 42.5 Å². The molecular formula is C21H22N4O2. The number of anilines is 2. The van der Waals surface area contributed by atoms with E-state index in [0.717, 1.165) is 22.3 Å². The summed E-state index contributed by atoms with van der Waals surface area (Å²) in [6, 6.07) is 14.0. The molecule has 0 atom stereocenters. The van der Waals surface area contributed by atoms with E-state index in [0.29, 0.717) is 23.7 Å². The summed E-state index contributed by atoms with van der Waals surface area (Å²) in [6.07, 6.45) is 6.23. The summed E-state index contributed by atoms with van der Waals surface area (Å²) in [7, 11) is 3.25. The van der Waals surface area contributed by atoms with Gasteiger partial charge in [-0.15, -0.1) is 0 Å². The number of nitrogens with two attached hydrogens (primary N) is 2. The first-order valence-corrected chi connectivity index (χ1v) is 8.45. The molecule has 2 aromatic carbocycles. The van der Waals surface area contributed by atoms with Crippen LogP contribution in [0.2, 0.25) is 0 Å². The van der Waals surface area contributed by atoms with Gasteiger partial charge in [0.1, 0.15) is 5.82 Å². The van der Waals surface area contributed by atoms with Crippen LogP contribution >= 0.6 is 0 Å². The van der Waals surface area contributed by atoms with Crippen molar-refractivity contribution >= 4 is 23.9 Å². The number of rotatable bonds is 6. The zero-order chi connectivity index (χ0) is 19.2. The number of benzene rings is 2. The minimum Gasteiger partial charge on any atom is -0.493 e. The second kappa shape index (κ2) is 8.23. The zero-order valence-electron chi connectivity index (χ0n) is 15.3. The number of nitrogens with zero attached hydrogens (tertiary/aromatic N) is 2. The Labute approximate surface area is 158 Å². The minimum atomic E-state index is 0.162. The molecule has 6 heteroatoms.